The lowest BCUT2D eigenvalue weighted by molar-refractivity contribution is -0.157. The van der Waals surface area contributed by atoms with Gasteiger partial charge in [0.15, 0.2) is 12.2 Å². The minimum Gasteiger partial charge on any atom is -0.447 e. The highest BCUT2D eigenvalue weighted by atomic mass is 16.6. The minimum atomic E-state index is -1.41. The number of nitrogens with one attached hydrogen (secondary N) is 1. The Morgan fingerprint density at radius 3 is 2.62 bits per heavy atom. The third kappa shape index (κ3) is 4.33. The lowest BCUT2D eigenvalue weighted by Gasteiger charge is -2.19. The molecule has 2 heterocycles. The molecule has 2 atom stereocenters. The summed E-state index contributed by atoms with van der Waals surface area (Å²) in [5.41, 5.74) is 3.68. The van der Waals surface area contributed by atoms with Crippen LogP contribution < -0.4 is 0 Å². The molecule has 0 amide bonds. The van der Waals surface area contributed by atoms with E-state index >= 15 is 0 Å². The Bertz CT molecular complexity index is 1240. The zero-order valence-corrected chi connectivity index (χ0v) is 18.0. The van der Waals surface area contributed by atoms with Crippen molar-refractivity contribution in [3.63, 3.8) is 0 Å². The molecule has 2 N–H and O–H groups in total. The highest BCUT2D eigenvalue weighted by Gasteiger charge is 2.30. The summed E-state index contributed by atoms with van der Waals surface area (Å²) in [6, 6.07) is 14.6. The second kappa shape index (κ2) is 9.20. The molecule has 7 nitrogen and oxygen atoms in total. The number of aromatic nitrogens is 3. The van der Waals surface area contributed by atoms with Crippen LogP contribution in [-0.4, -0.2) is 37.7 Å². The lowest BCUT2D eigenvalue weighted by atomic mass is 9.98. The van der Waals surface area contributed by atoms with E-state index in [-0.39, 0.29) is 12.2 Å². The second-order valence-corrected chi connectivity index (χ2v) is 7.73. The van der Waals surface area contributed by atoms with Gasteiger partial charge in [-0.05, 0) is 17.5 Å². The van der Waals surface area contributed by atoms with Crippen LogP contribution >= 0.6 is 0 Å². The van der Waals surface area contributed by atoms with Crippen LogP contribution in [0.5, 0.6) is 0 Å². The van der Waals surface area contributed by atoms with Crippen molar-refractivity contribution in [2.75, 3.05) is 0 Å². The molecule has 2 aromatic carbocycles. The van der Waals surface area contributed by atoms with Crippen molar-refractivity contribution in [2.45, 2.75) is 32.0 Å². The monoisotopic (exact) mass is 431 g/mol. The number of aliphatic hydroxyl groups excluding tert-OH is 1. The van der Waals surface area contributed by atoms with E-state index in [1.54, 1.807) is 54.6 Å². The van der Waals surface area contributed by atoms with Gasteiger partial charge in [0, 0.05) is 47.9 Å². The smallest absolute Gasteiger partial charge is 0.336 e. The first kappa shape index (κ1) is 21.5. The van der Waals surface area contributed by atoms with E-state index in [9.17, 15) is 14.7 Å². The average Bonchev–Trinajstić information content (AvgIpc) is 3.43. The quantitative estimate of drug-likeness (QED) is 0.329. The molecule has 4 aromatic rings. The summed E-state index contributed by atoms with van der Waals surface area (Å²) in [6.45, 7) is 2.05. The number of fused-ring (bicyclic) bond motifs is 1. The summed E-state index contributed by atoms with van der Waals surface area (Å²) < 4.78 is 7.18. The standard InChI is InChI=1S/C25H25N3O4/c1-3-17-10-7-11-19-20(14-26-22(17)19)23(30)24(18-8-5-4-6-9-18)32-25(31)21(29)12-16-13-27-28(2)15-16/h4-11,13-15,21,24,26,29H,3,12H2,1-2H3. The third-order valence-electron chi connectivity index (χ3n) is 5.48. The van der Waals surface area contributed by atoms with Crippen LogP contribution in [0, 0.1) is 0 Å². The molecule has 2 unspecified atom stereocenters. The number of hydrogen-bond acceptors (Lipinski definition) is 5. The number of carbonyl (C=O) groups excluding carboxylic acids is 2. The summed E-state index contributed by atoms with van der Waals surface area (Å²) in [5.74, 6) is -1.21. The van der Waals surface area contributed by atoms with Crippen molar-refractivity contribution >= 4 is 22.7 Å². The van der Waals surface area contributed by atoms with Crippen LogP contribution in [0.3, 0.4) is 0 Å². The number of aryl methyl sites for hydroxylation is 2. The number of Topliss-reactive ketones (excluding diaryl/α,β-unsaturated/α-hetero) is 1. The van der Waals surface area contributed by atoms with Crippen molar-refractivity contribution in [3.8, 4) is 0 Å². The molecule has 164 valence electrons. The molecule has 0 saturated carbocycles. The van der Waals surface area contributed by atoms with E-state index in [1.807, 2.05) is 24.3 Å². The molecule has 0 aliphatic heterocycles. The molecule has 0 spiro atoms. The van der Waals surface area contributed by atoms with Crippen LogP contribution in [-0.2, 0) is 29.4 Å². The average molecular weight is 431 g/mol. The molecule has 0 aliphatic carbocycles. The normalized spacial score (nSPS) is 13.1. The Morgan fingerprint density at radius 1 is 1.16 bits per heavy atom. The topological polar surface area (TPSA) is 97.2 Å². The Morgan fingerprint density at radius 2 is 1.94 bits per heavy atom. The summed E-state index contributed by atoms with van der Waals surface area (Å²) in [4.78, 5) is 29.5. The lowest BCUT2D eigenvalue weighted by Crippen LogP contribution is -2.29. The molecule has 4 rings (SSSR count). The highest BCUT2D eigenvalue weighted by Crippen LogP contribution is 2.29. The number of benzene rings is 2. The van der Waals surface area contributed by atoms with E-state index in [2.05, 4.69) is 17.0 Å². The van der Waals surface area contributed by atoms with Gasteiger partial charge in [-0.2, -0.15) is 5.10 Å². The van der Waals surface area contributed by atoms with Crippen molar-refractivity contribution in [1.82, 2.24) is 14.8 Å². The van der Waals surface area contributed by atoms with Crippen molar-refractivity contribution in [1.29, 1.82) is 0 Å². The van der Waals surface area contributed by atoms with Gasteiger partial charge in [0.2, 0.25) is 5.78 Å². The van der Waals surface area contributed by atoms with Crippen molar-refractivity contribution < 1.29 is 19.4 Å². The summed E-state index contributed by atoms with van der Waals surface area (Å²) in [5, 5.41) is 15.2. The number of esters is 1. The SMILES string of the molecule is CCc1cccc2c(C(=O)C(OC(=O)C(O)Cc3cnn(C)c3)c3ccccc3)c[nH]c12. The molecule has 2 aromatic heterocycles. The largest absolute Gasteiger partial charge is 0.447 e. The molecule has 0 radical (unpaired) electrons. The molecular formula is C25H25N3O4. The third-order valence-corrected chi connectivity index (χ3v) is 5.48. The first-order valence-corrected chi connectivity index (χ1v) is 10.5. The van der Waals surface area contributed by atoms with Gasteiger partial charge >= 0.3 is 5.97 Å². The maximum atomic E-state index is 13.5. The molecule has 32 heavy (non-hydrogen) atoms. The van der Waals surface area contributed by atoms with E-state index in [0.29, 0.717) is 16.7 Å². The van der Waals surface area contributed by atoms with E-state index in [1.165, 1.54) is 0 Å². The summed E-state index contributed by atoms with van der Waals surface area (Å²) in [6.07, 6.45) is 3.24. The minimum absolute atomic E-state index is 0.0509. The molecule has 0 saturated heterocycles. The fourth-order valence-electron chi connectivity index (χ4n) is 3.84. The number of aromatic amines is 1. The number of para-hydroxylation sites is 1. The van der Waals surface area contributed by atoms with E-state index in [4.69, 9.17) is 4.74 Å². The summed E-state index contributed by atoms with van der Waals surface area (Å²) >= 11 is 0. The van der Waals surface area contributed by atoms with Crippen LogP contribution in [0.4, 0.5) is 0 Å². The fraction of sp³-hybridized carbons (Fsp3) is 0.240. The Kier molecular flexibility index (Phi) is 6.18. The molecular weight excluding hydrogens is 406 g/mol. The molecule has 7 heteroatoms. The van der Waals surface area contributed by atoms with Crippen LogP contribution in [0.25, 0.3) is 10.9 Å². The van der Waals surface area contributed by atoms with Crippen molar-refractivity contribution in [2.24, 2.45) is 7.05 Å². The number of H-pyrrole nitrogens is 1. The van der Waals surface area contributed by atoms with Gasteiger partial charge in [0.05, 0.1) is 6.20 Å². The number of nitrogens with zero attached hydrogens (tertiary/aromatic N) is 2. The molecule has 0 aliphatic rings. The first-order valence-electron chi connectivity index (χ1n) is 10.5. The zero-order valence-electron chi connectivity index (χ0n) is 18.0. The van der Waals surface area contributed by atoms with E-state index in [0.717, 1.165) is 22.9 Å². The van der Waals surface area contributed by atoms with Crippen LogP contribution in [0.15, 0.2) is 67.1 Å². The van der Waals surface area contributed by atoms with Gasteiger partial charge in [-0.25, -0.2) is 4.79 Å². The van der Waals surface area contributed by atoms with Crippen LogP contribution in [0.1, 0.15) is 40.1 Å². The highest BCUT2D eigenvalue weighted by molar-refractivity contribution is 6.11. The number of rotatable bonds is 8. The fourth-order valence-corrected chi connectivity index (χ4v) is 3.84. The van der Waals surface area contributed by atoms with Gasteiger partial charge in [-0.15, -0.1) is 0 Å². The first-order chi connectivity index (χ1) is 15.5. The Labute approximate surface area is 185 Å². The van der Waals surface area contributed by atoms with Gasteiger partial charge < -0.3 is 14.8 Å². The maximum absolute atomic E-state index is 13.5. The molecule has 0 fully saturated rings. The van der Waals surface area contributed by atoms with E-state index < -0.39 is 18.2 Å². The van der Waals surface area contributed by atoms with Crippen LogP contribution in [0.2, 0.25) is 0 Å². The zero-order chi connectivity index (χ0) is 22.7. The maximum Gasteiger partial charge on any atom is 0.336 e. The van der Waals surface area contributed by atoms with Gasteiger partial charge in [-0.1, -0.05) is 55.5 Å². The predicted molar refractivity (Wildman–Crippen MR) is 120 cm³/mol. The Balaban J connectivity index is 1.63. The molecule has 0 bridgehead atoms. The number of aliphatic hydroxyl groups is 1. The van der Waals surface area contributed by atoms with Crippen molar-refractivity contribution in [3.05, 3.63) is 89.4 Å². The number of ketones is 1. The van der Waals surface area contributed by atoms with Gasteiger partial charge in [0.25, 0.3) is 0 Å². The summed E-state index contributed by atoms with van der Waals surface area (Å²) in [7, 11) is 1.75. The Hall–Kier alpha value is -3.71. The number of hydrogen-bond donors (Lipinski definition) is 2. The number of carbonyl (C=O) groups is 2. The second-order valence-electron chi connectivity index (χ2n) is 7.73. The van der Waals surface area contributed by atoms with Gasteiger partial charge in [0.1, 0.15) is 0 Å². The predicted octanol–water partition coefficient (Wildman–Crippen LogP) is 3.53. The number of ether oxygens (including phenoxy) is 1. The van der Waals surface area contributed by atoms with Gasteiger partial charge in [-0.3, -0.25) is 9.48 Å².